The van der Waals surface area contributed by atoms with Gasteiger partial charge in [0.2, 0.25) is 0 Å². The second-order valence-corrected chi connectivity index (χ2v) is 7.22. The fraction of sp³-hybridized carbons (Fsp3) is 0.526. The molecule has 0 amide bonds. The number of ether oxygens (including phenoxy) is 1. The van der Waals surface area contributed by atoms with Crippen molar-refractivity contribution in [2.45, 2.75) is 38.2 Å². The third-order valence-electron chi connectivity index (χ3n) is 4.21. The van der Waals surface area contributed by atoms with Crippen molar-refractivity contribution in [1.82, 2.24) is 10.6 Å². The molecule has 2 aromatic heterocycles. The maximum atomic E-state index is 5.78. The van der Waals surface area contributed by atoms with Crippen LogP contribution in [0.2, 0.25) is 0 Å². The number of aliphatic imine (C=N–C) groups is 1. The Labute approximate surface area is 153 Å². The van der Waals surface area contributed by atoms with Crippen LogP contribution in [-0.4, -0.2) is 38.3 Å². The molecule has 0 aromatic carbocycles. The highest BCUT2D eigenvalue weighted by atomic mass is 32.1. The summed E-state index contributed by atoms with van der Waals surface area (Å²) < 4.78 is 11.2. The van der Waals surface area contributed by atoms with Gasteiger partial charge >= 0.3 is 0 Å². The number of thiophene rings is 1. The molecule has 1 saturated heterocycles. The predicted octanol–water partition coefficient (Wildman–Crippen LogP) is 3.23. The SMILES string of the molecule is c1coc(CCNC(=NCC2CCCCO2)NCCc2cccs2)c1. The zero-order chi connectivity index (χ0) is 17.2. The van der Waals surface area contributed by atoms with E-state index in [-0.39, 0.29) is 6.10 Å². The van der Waals surface area contributed by atoms with Crippen LogP contribution >= 0.6 is 11.3 Å². The van der Waals surface area contributed by atoms with E-state index < -0.39 is 0 Å². The first-order valence-electron chi connectivity index (χ1n) is 9.09. The molecule has 1 aliphatic heterocycles. The van der Waals surface area contributed by atoms with Gasteiger partial charge in [0, 0.05) is 31.0 Å². The van der Waals surface area contributed by atoms with Crippen molar-refractivity contribution in [3.63, 3.8) is 0 Å². The van der Waals surface area contributed by atoms with E-state index in [1.165, 1.54) is 17.7 Å². The van der Waals surface area contributed by atoms with Gasteiger partial charge in [0.25, 0.3) is 0 Å². The molecule has 3 rings (SSSR count). The molecule has 1 unspecified atom stereocenters. The summed E-state index contributed by atoms with van der Waals surface area (Å²) in [5.41, 5.74) is 0. The number of nitrogens with zero attached hydrogens (tertiary/aromatic N) is 1. The van der Waals surface area contributed by atoms with Crippen LogP contribution in [0, 0.1) is 0 Å². The third kappa shape index (κ3) is 6.55. The molecule has 1 aliphatic rings. The smallest absolute Gasteiger partial charge is 0.191 e. The van der Waals surface area contributed by atoms with Gasteiger partial charge < -0.3 is 19.8 Å². The van der Waals surface area contributed by atoms with Gasteiger partial charge in [0.15, 0.2) is 5.96 Å². The van der Waals surface area contributed by atoms with Gasteiger partial charge in [0.05, 0.1) is 18.9 Å². The average molecular weight is 362 g/mol. The summed E-state index contributed by atoms with van der Waals surface area (Å²) in [6.07, 6.45) is 7.35. The molecule has 0 radical (unpaired) electrons. The van der Waals surface area contributed by atoms with Crippen LogP contribution in [0.5, 0.6) is 0 Å². The van der Waals surface area contributed by atoms with Crippen molar-refractivity contribution in [3.05, 3.63) is 46.5 Å². The summed E-state index contributed by atoms with van der Waals surface area (Å²) in [5.74, 6) is 1.85. The van der Waals surface area contributed by atoms with Crippen LogP contribution in [0.3, 0.4) is 0 Å². The molecule has 3 heterocycles. The fourth-order valence-corrected chi connectivity index (χ4v) is 3.55. The van der Waals surface area contributed by atoms with E-state index in [2.05, 4.69) is 28.1 Å². The molecule has 6 heteroatoms. The third-order valence-corrected chi connectivity index (χ3v) is 5.15. The van der Waals surface area contributed by atoms with Crippen LogP contribution < -0.4 is 10.6 Å². The maximum absolute atomic E-state index is 5.78. The van der Waals surface area contributed by atoms with Crippen molar-refractivity contribution in [1.29, 1.82) is 0 Å². The topological polar surface area (TPSA) is 58.8 Å². The van der Waals surface area contributed by atoms with Gasteiger partial charge in [-0.2, -0.15) is 0 Å². The Bertz CT molecular complexity index is 562. The Balaban J connectivity index is 1.46. The average Bonchev–Trinajstić information content (AvgIpc) is 3.34. The summed E-state index contributed by atoms with van der Waals surface area (Å²) in [4.78, 5) is 6.11. The largest absolute Gasteiger partial charge is 0.469 e. The van der Waals surface area contributed by atoms with Gasteiger partial charge in [-0.3, -0.25) is 4.99 Å². The molecule has 1 fully saturated rings. The van der Waals surface area contributed by atoms with Crippen molar-refractivity contribution < 1.29 is 9.15 Å². The minimum Gasteiger partial charge on any atom is -0.469 e. The lowest BCUT2D eigenvalue weighted by Gasteiger charge is -2.21. The Hall–Kier alpha value is -1.79. The summed E-state index contributed by atoms with van der Waals surface area (Å²) in [5, 5.41) is 8.96. The first-order valence-corrected chi connectivity index (χ1v) is 9.96. The number of hydrogen-bond acceptors (Lipinski definition) is 4. The van der Waals surface area contributed by atoms with E-state index in [4.69, 9.17) is 14.1 Å². The molecule has 0 bridgehead atoms. The minimum atomic E-state index is 0.259. The Morgan fingerprint density at radius 1 is 1.16 bits per heavy atom. The molecule has 0 aliphatic carbocycles. The summed E-state index contributed by atoms with van der Waals surface area (Å²) in [6.45, 7) is 3.25. The van der Waals surface area contributed by atoms with Gasteiger partial charge in [-0.1, -0.05) is 6.07 Å². The van der Waals surface area contributed by atoms with E-state index in [1.807, 2.05) is 12.1 Å². The van der Waals surface area contributed by atoms with Gasteiger partial charge in [0.1, 0.15) is 5.76 Å². The van der Waals surface area contributed by atoms with Gasteiger partial charge in [-0.05, 0) is 49.3 Å². The number of furan rings is 1. The van der Waals surface area contributed by atoms with Crippen molar-refractivity contribution in [2.75, 3.05) is 26.2 Å². The van der Waals surface area contributed by atoms with Crippen molar-refractivity contribution in [2.24, 2.45) is 4.99 Å². The highest BCUT2D eigenvalue weighted by Gasteiger charge is 2.13. The lowest BCUT2D eigenvalue weighted by molar-refractivity contribution is 0.0224. The molecular formula is C19H27N3O2S. The number of rotatable bonds is 8. The maximum Gasteiger partial charge on any atom is 0.191 e. The van der Waals surface area contributed by atoms with Crippen LogP contribution in [0.25, 0.3) is 0 Å². The molecule has 5 nitrogen and oxygen atoms in total. The lowest BCUT2D eigenvalue weighted by atomic mass is 10.1. The second-order valence-electron chi connectivity index (χ2n) is 6.19. The first kappa shape index (κ1) is 18.0. The first-order chi connectivity index (χ1) is 12.4. The fourth-order valence-electron chi connectivity index (χ4n) is 2.84. The molecule has 25 heavy (non-hydrogen) atoms. The standard InChI is InChI=1S/C19H27N3O2S/c1-2-12-24-17(5-1)15-22-19(20-10-8-16-6-3-13-23-16)21-11-9-18-7-4-14-25-18/h3-4,6-7,13-14,17H,1-2,5,8-12,15H2,(H2,20,21,22). The Morgan fingerprint density at radius 2 is 2.08 bits per heavy atom. The van der Waals surface area contributed by atoms with Crippen LogP contribution in [0.15, 0.2) is 45.3 Å². The zero-order valence-corrected chi connectivity index (χ0v) is 15.4. The number of nitrogens with one attached hydrogen (secondary N) is 2. The molecule has 1 atom stereocenters. The predicted molar refractivity (Wildman–Crippen MR) is 102 cm³/mol. The van der Waals surface area contributed by atoms with Crippen molar-refractivity contribution >= 4 is 17.3 Å². The molecule has 136 valence electrons. The van der Waals surface area contributed by atoms with Crippen LogP contribution in [-0.2, 0) is 17.6 Å². The minimum absolute atomic E-state index is 0.259. The van der Waals surface area contributed by atoms with E-state index >= 15 is 0 Å². The zero-order valence-electron chi connectivity index (χ0n) is 14.6. The lowest BCUT2D eigenvalue weighted by Crippen LogP contribution is -2.40. The van der Waals surface area contributed by atoms with Crippen LogP contribution in [0.1, 0.15) is 29.9 Å². The number of guanidine groups is 1. The molecule has 0 saturated carbocycles. The van der Waals surface area contributed by atoms with E-state index in [9.17, 15) is 0 Å². The van der Waals surface area contributed by atoms with Gasteiger partial charge in [-0.15, -0.1) is 11.3 Å². The summed E-state index contributed by atoms with van der Waals surface area (Å²) >= 11 is 1.79. The molecular weight excluding hydrogens is 334 g/mol. The summed E-state index contributed by atoms with van der Waals surface area (Å²) in [6, 6.07) is 8.18. The normalized spacial score (nSPS) is 18.2. The van der Waals surface area contributed by atoms with E-state index in [1.54, 1.807) is 17.6 Å². The Kier molecular flexibility index (Phi) is 7.39. The van der Waals surface area contributed by atoms with Crippen LogP contribution in [0.4, 0.5) is 0 Å². The quantitative estimate of drug-likeness (QED) is 0.560. The highest BCUT2D eigenvalue weighted by molar-refractivity contribution is 7.09. The number of hydrogen-bond donors (Lipinski definition) is 2. The monoisotopic (exact) mass is 361 g/mol. The van der Waals surface area contributed by atoms with E-state index in [0.29, 0.717) is 0 Å². The van der Waals surface area contributed by atoms with Gasteiger partial charge in [-0.25, -0.2) is 0 Å². The van der Waals surface area contributed by atoms with Crippen molar-refractivity contribution in [3.8, 4) is 0 Å². The Morgan fingerprint density at radius 3 is 2.80 bits per heavy atom. The highest BCUT2D eigenvalue weighted by Crippen LogP contribution is 2.12. The molecule has 2 N–H and O–H groups in total. The summed E-state index contributed by atoms with van der Waals surface area (Å²) in [7, 11) is 0. The van der Waals surface area contributed by atoms with E-state index in [0.717, 1.165) is 57.2 Å². The molecule has 0 spiro atoms. The second kappa shape index (κ2) is 10.3. The molecule has 2 aromatic rings.